The fourth-order valence-corrected chi connectivity index (χ4v) is 4.03. The van der Waals surface area contributed by atoms with E-state index in [1.165, 1.54) is 0 Å². The molecular weight excluding hydrogens is 376 g/mol. The molecule has 28 heavy (non-hydrogen) atoms. The third kappa shape index (κ3) is 3.67. The summed E-state index contributed by atoms with van der Waals surface area (Å²) in [6.45, 7) is 6.49. The lowest BCUT2D eigenvalue weighted by Crippen LogP contribution is -2.46. The number of ether oxygens (including phenoxy) is 2. The van der Waals surface area contributed by atoms with Crippen LogP contribution in [0.2, 0.25) is 0 Å². The Bertz CT molecular complexity index is 984. The van der Waals surface area contributed by atoms with Crippen molar-refractivity contribution in [2.75, 3.05) is 51.0 Å². The number of aryl methyl sites for hydroxylation is 1. The number of nitrogens with two attached hydrogens (primary N) is 1. The van der Waals surface area contributed by atoms with E-state index >= 15 is 0 Å². The minimum Gasteiger partial charge on any atom is -0.493 e. The molecule has 8 nitrogen and oxygen atoms in total. The molecule has 9 heteroatoms. The smallest absolute Gasteiger partial charge is 0.227 e. The van der Waals surface area contributed by atoms with Crippen LogP contribution in [0.15, 0.2) is 17.5 Å². The molecule has 148 valence electrons. The number of fused-ring (bicyclic) bond motifs is 1. The number of piperazine rings is 1. The molecule has 0 unspecified atom stereocenters. The lowest BCUT2D eigenvalue weighted by atomic mass is 10.2. The van der Waals surface area contributed by atoms with E-state index in [9.17, 15) is 0 Å². The molecule has 1 aliphatic rings. The molecule has 1 aliphatic heterocycles. The molecule has 3 aromatic rings. The molecule has 0 aliphatic carbocycles. The molecule has 0 radical (unpaired) electrons. The minimum atomic E-state index is 0.446. The largest absolute Gasteiger partial charge is 0.493 e. The van der Waals surface area contributed by atoms with Gasteiger partial charge in [-0.3, -0.25) is 4.90 Å². The molecule has 3 heterocycles. The topological polar surface area (TPSA) is 89.6 Å². The van der Waals surface area contributed by atoms with Gasteiger partial charge in [0, 0.05) is 49.6 Å². The monoisotopic (exact) mass is 400 g/mol. The highest BCUT2D eigenvalue weighted by Crippen LogP contribution is 2.34. The van der Waals surface area contributed by atoms with E-state index in [4.69, 9.17) is 20.2 Å². The lowest BCUT2D eigenvalue weighted by molar-refractivity contribution is 0.246. The van der Waals surface area contributed by atoms with Gasteiger partial charge in [-0.15, -0.1) is 11.3 Å². The summed E-state index contributed by atoms with van der Waals surface area (Å²) < 4.78 is 10.7. The third-order valence-corrected chi connectivity index (χ3v) is 5.75. The average Bonchev–Trinajstić information content (AvgIpc) is 3.12. The number of hydrogen-bond acceptors (Lipinski definition) is 9. The molecule has 0 saturated carbocycles. The van der Waals surface area contributed by atoms with E-state index in [0.717, 1.165) is 54.3 Å². The molecule has 1 aromatic carbocycles. The standard InChI is InChI=1S/C19H24N6O2S/c1-12-21-13(11-28-12)10-24-4-6-25(7-5-24)19-22-15-9-17(27-3)16(26-2)8-14(15)18(20)23-19/h8-9,11H,4-7,10H2,1-3H3,(H2,20,22,23). The van der Waals surface area contributed by atoms with Gasteiger partial charge in [0.25, 0.3) is 0 Å². The van der Waals surface area contributed by atoms with Crippen LogP contribution in [-0.4, -0.2) is 60.3 Å². The van der Waals surface area contributed by atoms with Crippen molar-refractivity contribution in [3.8, 4) is 11.5 Å². The first-order chi connectivity index (χ1) is 13.6. The first kappa shape index (κ1) is 18.7. The van der Waals surface area contributed by atoms with E-state index in [1.54, 1.807) is 25.6 Å². The van der Waals surface area contributed by atoms with Gasteiger partial charge in [0.2, 0.25) is 5.95 Å². The van der Waals surface area contributed by atoms with Crippen molar-refractivity contribution in [3.63, 3.8) is 0 Å². The van der Waals surface area contributed by atoms with Crippen LogP contribution >= 0.6 is 11.3 Å². The van der Waals surface area contributed by atoms with E-state index < -0.39 is 0 Å². The van der Waals surface area contributed by atoms with Gasteiger partial charge in [-0.05, 0) is 13.0 Å². The van der Waals surface area contributed by atoms with Crippen molar-refractivity contribution < 1.29 is 9.47 Å². The zero-order chi connectivity index (χ0) is 19.7. The van der Waals surface area contributed by atoms with E-state index in [-0.39, 0.29) is 0 Å². The molecule has 0 atom stereocenters. The fraction of sp³-hybridized carbons (Fsp3) is 0.421. The van der Waals surface area contributed by atoms with Crippen LogP contribution in [0, 0.1) is 6.92 Å². The highest BCUT2D eigenvalue weighted by Gasteiger charge is 2.21. The molecular formula is C19H24N6O2S. The molecule has 2 N–H and O–H groups in total. The summed E-state index contributed by atoms with van der Waals surface area (Å²) in [6.07, 6.45) is 0. The van der Waals surface area contributed by atoms with Crippen molar-refractivity contribution in [1.82, 2.24) is 19.9 Å². The van der Waals surface area contributed by atoms with Crippen LogP contribution in [0.25, 0.3) is 10.9 Å². The molecule has 1 saturated heterocycles. The second kappa shape index (κ2) is 7.76. The van der Waals surface area contributed by atoms with Gasteiger partial charge in [-0.1, -0.05) is 0 Å². The summed E-state index contributed by atoms with van der Waals surface area (Å²) in [4.78, 5) is 18.4. The van der Waals surface area contributed by atoms with Crippen molar-refractivity contribution in [2.24, 2.45) is 0 Å². The zero-order valence-corrected chi connectivity index (χ0v) is 17.1. The van der Waals surface area contributed by atoms with Crippen LogP contribution in [0.3, 0.4) is 0 Å². The number of hydrogen-bond donors (Lipinski definition) is 1. The molecule has 0 amide bonds. The maximum atomic E-state index is 6.22. The zero-order valence-electron chi connectivity index (χ0n) is 16.3. The van der Waals surface area contributed by atoms with Gasteiger partial charge in [-0.2, -0.15) is 4.98 Å². The summed E-state index contributed by atoms with van der Waals surface area (Å²) in [6, 6.07) is 3.66. The van der Waals surface area contributed by atoms with Crippen molar-refractivity contribution >= 4 is 34.0 Å². The Morgan fingerprint density at radius 1 is 1.04 bits per heavy atom. The van der Waals surface area contributed by atoms with Crippen molar-refractivity contribution in [1.29, 1.82) is 0 Å². The Kier molecular flexibility index (Phi) is 5.19. The second-order valence-corrected chi connectivity index (χ2v) is 7.82. The first-order valence-corrected chi connectivity index (χ1v) is 10.0. The SMILES string of the molecule is COc1cc2nc(N3CCN(Cc4csc(C)n4)CC3)nc(N)c2cc1OC. The quantitative estimate of drug-likeness (QED) is 0.698. The van der Waals surface area contributed by atoms with Gasteiger partial charge < -0.3 is 20.1 Å². The average molecular weight is 401 g/mol. The summed E-state index contributed by atoms with van der Waals surface area (Å²) in [7, 11) is 3.21. The number of nitrogens with zero attached hydrogens (tertiary/aromatic N) is 5. The van der Waals surface area contributed by atoms with Crippen LogP contribution in [0.1, 0.15) is 10.7 Å². The van der Waals surface area contributed by atoms with Crippen LogP contribution < -0.4 is 20.1 Å². The van der Waals surface area contributed by atoms with Crippen molar-refractivity contribution in [3.05, 3.63) is 28.2 Å². The summed E-state index contributed by atoms with van der Waals surface area (Å²) in [5.74, 6) is 2.34. The summed E-state index contributed by atoms with van der Waals surface area (Å²) in [5.41, 5.74) is 8.11. The number of aromatic nitrogens is 3. The summed E-state index contributed by atoms with van der Waals surface area (Å²) in [5, 5.41) is 4.01. The number of rotatable bonds is 5. The first-order valence-electron chi connectivity index (χ1n) is 9.15. The Hall–Kier alpha value is -2.65. The maximum absolute atomic E-state index is 6.22. The number of nitrogen functional groups attached to an aromatic ring is 1. The number of anilines is 2. The van der Waals surface area contributed by atoms with Crippen LogP contribution in [0.5, 0.6) is 11.5 Å². The Balaban J connectivity index is 1.51. The number of benzene rings is 1. The van der Waals surface area contributed by atoms with Crippen LogP contribution in [-0.2, 0) is 6.54 Å². The molecule has 1 fully saturated rings. The predicted octanol–water partition coefficient (Wildman–Crippen LogP) is 2.32. The normalized spacial score (nSPS) is 15.2. The van der Waals surface area contributed by atoms with Gasteiger partial charge in [0.05, 0.1) is 30.4 Å². The van der Waals surface area contributed by atoms with Crippen molar-refractivity contribution in [2.45, 2.75) is 13.5 Å². The summed E-state index contributed by atoms with van der Waals surface area (Å²) >= 11 is 1.70. The van der Waals surface area contributed by atoms with Gasteiger partial charge in [-0.25, -0.2) is 9.97 Å². The predicted molar refractivity (Wildman–Crippen MR) is 111 cm³/mol. The van der Waals surface area contributed by atoms with Gasteiger partial charge >= 0.3 is 0 Å². The Morgan fingerprint density at radius 3 is 2.39 bits per heavy atom. The molecule has 4 rings (SSSR count). The molecule has 0 spiro atoms. The minimum absolute atomic E-state index is 0.446. The lowest BCUT2D eigenvalue weighted by Gasteiger charge is -2.34. The van der Waals surface area contributed by atoms with E-state index in [0.29, 0.717) is 23.3 Å². The third-order valence-electron chi connectivity index (χ3n) is 4.93. The second-order valence-electron chi connectivity index (χ2n) is 6.75. The van der Waals surface area contributed by atoms with E-state index in [1.807, 2.05) is 19.1 Å². The van der Waals surface area contributed by atoms with Gasteiger partial charge in [0.15, 0.2) is 11.5 Å². The van der Waals surface area contributed by atoms with Gasteiger partial charge in [0.1, 0.15) is 5.82 Å². The van der Waals surface area contributed by atoms with E-state index in [2.05, 4.69) is 25.1 Å². The Morgan fingerprint density at radius 2 is 1.75 bits per heavy atom. The highest BCUT2D eigenvalue weighted by molar-refractivity contribution is 7.09. The number of methoxy groups -OCH3 is 2. The fourth-order valence-electron chi connectivity index (χ4n) is 3.42. The molecule has 0 bridgehead atoms. The maximum Gasteiger partial charge on any atom is 0.227 e. The highest BCUT2D eigenvalue weighted by atomic mass is 32.1. The molecule has 2 aromatic heterocycles. The van der Waals surface area contributed by atoms with Crippen LogP contribution in [0.4, 0.5) is 11.8 Å². The Labute approximate surface area is 167 Å². The number of thiazole rings is 1.